The quantitative estimate of drug-likeness (QED) is 0.391. The van der Waals surface area contributed by atoms with E-state index >= 15 is 0 Å². The number of rotatable bonds is 13. The molecule has 1 amide bonds. The monoisotopic (exact) mass is 527 g/mol. The van der Waals surface area contributed by atoms with Gasteiger partial charge >= 0.3 is 5.97 Å². The van der Waals surface area contributed by atoms with Crippen LogP contribution < -0.4 is 14.2 Å². The van der Waals surface area contributed by atoms with Crippen LogP contribution in [0.25, 0.3) is 0 Å². The molecule has 0 unspecified atom stereocenters. The van der Waals surface area contributed by atoms with E-state index in [2.05, 4.69) is 4.98 Å². The average Bonchev–Trinajstić information content (AvgIpc) is 3.54. The van der Waals surface area contributed by atoms with Gasteiger partial charge in [0, 0.05) is 36.9 Å². The Labute approximate surface area is 223 Å². The number of amides is 1. The van der Waals surface area contributed by atoms with Gasteiger partial charge in [-0.05, 0) is 55.5 Å². The number of pyridine rings is 1. The fourth-order valence-electron chi connectivity index (χ4n) is 5.31. The number of ether oxygens (including phenoxy) is 3. The van der Waals surface area contributed by atoms with E-state index in [-0.39, 0.29) is 31.2 Å². The zero-order valence-corrected chi connectivity index (χ0v) is 22.3. The summed E-state index contributed by atoms with van der Waals surface area (Å²) in [5, 5.41) is 11.9. The lowest BCUT2D eigenvalue weighted by molar-refractivity contribution is -0.188. The van der Waals surface area contributed by atoms with Crippen LogP contribution in [0.3, 0.4) is 0 Å². The Hall–Kier alpha value is -3.37. The Balaban J connectivity index is 1.64. The number of hydrogen-bond acceptors (Lipinski definition) is 8. The molecule has 0 radical (unpaired) electrons. The summed E-state index contributed by atoms with van der Waals surface area (Å²) in [7, 11) is 1.55. The number of aliphatic carboxylic acids is 1. The summed E-state index contributed by atoms with van der Waals surface area (Å²) < 4.78 is 16.7. The maximum absolute atomic E-state index is 13.3. The molecule has 0 saturated carbocycles. The van der Waals surface area contributed by atoms with E-state index in [1.54, 1.807) is 13.3 Å². The average molecular weight is 528 g/mol. The van der Waals surface area contributed by atoms with Gasteiger partial charge in [-0.3, -0.25) is 24.3 Å². The first kappa shape index (κ1) is 27.7. The highest BCUT2D eigenvalue weighted by molar-refractivity contribution is 5.78. The van der Waals surface area contributed by atoms with Crippen LogP contribution in [0, 0.1) is 5.92 Å². The van der Waals surface area contributed by atoms with E-state index in [9.17, 15) is 14.7 Å². The molecule has 3 heterocycles. The van der Waals surface area contributed by atoms with Crippen LogP contribution in [0.5, 0.6) is 17.2 Å². The third-order valence-electron chi connectivity index (χ3n) is 7.06. The number of carbonyl (C=O) groups excluding carboxylic acids is 1. The maximum atomic E-state index is 13.3. The Morgan fingerprint density at radius 3 is 2.74 bits per heavy atom. The molecular weight excluding hydrogens is 490 g/mol. The second-order valence-corrected chi connectivity index (χ2v) is 9.61. The first-order chi connectivity index (χ1) is 18.5. The van der Waals surface area contributed by atoms with Gasteiger partial charge in [0.25, 0.3) is 5.91 Å². The van der Waals surface area contributed by atoms with Crippen LogP contribution in [0.1, 0.15) is 50.3 Å². The highest BCUT2D eigenvalue weighted by Crippen LogP contribution is 2.47. The Bertz CT molecular complexity index is 1100. The van der Waals surface area contributed by atoms with Gasteiger partial charge in [-0.15, -0.1) is 0 Å². The summed E-state index contributed by atoms with van der Waals surface area (Å²) in [5.74, 6) is -0.646. The van der Waals surface area contributed by atoms with E-state index in [4.69, 9.17) is 19.0 Å². The van der Waals surface area contributed by atoms with Crippen molar-refractivity contribution in [1.29, 1.82) is 0 Å². The Kier molecular flexibility index (Phi) is 9.41. The molecule has 1 N–H and O–H groups in total. The van der Waals surface area contributed by atoms with Crippen molar-refractivity contribution in [2.75, 3.05) is 40.1 Å². The molecule has 0 bridgehead atoms. The van der Waals surface area contributed by atoms with Crippen LogP contribution in [0.2, 0.25) is 0 Å². The van der Waals surface area contributed by atoms with Crippen LogP contribution in [-0.4, -0.2) is 78.1 Å². The third-order valence-corrected chi connectivity index (χ3v) is 7.06. The first-order valence-corrected chi connectivity index (χ1v) is 13.2. The van der Waals surface area contributed by atoms with E-state index in [0.717, 1.165) is 24.1 Å². The number of likely N-dealkylation sites (tertiary alicyclic amines) is 1. The number of benzene rings is 1. The highest BCUT2D eigenvalue weighted by atomic mass is 16.7. The van der Waals surface area contributed by atoms with Gasteiger partial charge < -0.3 is 19.3 Å². The van der Waals surface area contributed by atoms with Gasteiger partial charge in [0.05, 0.1) is 26.2 Å². The van der Waals surface area contributed by atoms with E-state index in [1.165, 1.54) is 5.06 Å². The second-order valence-electron chi connectivity index (χ2n) is 9.61. The molecule has 2 aliphatic heterocycles. The zero-order valence-electron chi connectivity index (χ0n) is 22.3. The van der Waals surface area contributed by atoms with E-state index < -0.39 is 11.9 Å². The van der Waals surface area contributed by atoms with Crippen LogP contribution in [0.15, 0.2) is 36.5 Å². The molecule has 3 atom stereocenters. The van der Waals surface area contributed by atoms with Crippen molar-refractivity contribution in [3.63, 3.8) is 0 Å². The SMILES string of the molecule is CCCON(CCC)C(=O)CN1C[C@H](c2cc(OC)c3c(c2)OCO3)[C@@H](C(=O)O)[C@@H]1CCc1ccccn1. The number of carboxylic acid groups (broad SMARTS) is 1. The number of carboxylic acids is 1. The lowest BCUT2D eigenvalue weighted by Crippen LogP contribution is -2.44. The molecule has 4 rings (SSSR count). The van der Waals surface area contributed by atoms with Crippen LogP contribution in [-0.2, 0) is 20.8 Å². The number of fused-ring (bicyclic) bond motifs is 1. The maximum Gasteiger partial charge on any atom is 0.308 e. The predicted octanol–water partition coefficient (Wildman–Crippen LogP) is 3.50. The molecular formula is C28H37N3O7. The minimum atomic E-state index is -0.903. The zero-order chi connectivity index (χ0) is 27.1. The smallest absolute Gasteiger partial charge is 0.308 e. The van der Waals surface area contributed by atoms with Gasteiger partial charge in [-0.1, -0.05) is 19.9 Å². The van der Waals surface area contributed by atoms with Crippen molar-refractivity contribution in [3.8, 4) is 17.2 Å². The van der Waals surface area contributed by atoms with Crippen molar-refractivity contribution in [3.05, 3.63) is 47.8 Å². The number of aryl methyl sites for hydroxylation is 1. The highest BCUT2D eigenvalue weighted by Gasteiger charge is 2.47. The van der Waals surface area contributed by atoms with Gasteiger partial charge in [-0.25, -0.2) is 5.06 Å². The predicted molar refractivity (Wildman–Crippen MR) is 139 cm³/mol. The topological polar surface area (TPSA) is 111 Å². The minimum Gasteiger partial charge on any atom is -0.493 e. The molecule has 38 heavy (non-hydrogen) atoms. The molecule has 0 spiro atoms. The Morgan fingerprint density at radius 2 is 2.05 bits per heavy atom. The number of hydrogen-bond donors (Lipinski definition) is 1. The van der Waals surface area contributed by atoms with Crippen LogP contribution >= 0.6 is 0 Å². The van der Waals surface area contributed by atoms with Crippen molar-refractivity contribution in [2.45, 2.75) is 51.5 Å². The van der Waals surface area contributed by atoms with Crippen molar-refractivity contribution in [1.82, 2.24) is 14.9 Å². The molecule has 206 valence electrons. The summed E-state index contributed by atoms with van der Waals surface area (Å²) in [6.07, 6.45) is 4.43. The number of hydroxylamine groups is 2. The van der Waals surface area contributed by atoms with Crippen LogP contribution in [0.4, 0.5) is 0 Å². The largest absolute Gasteiger partial charge is 0.493 e. The lowest BCUT2D eigenvalue weighted by atomic mass is 9.83. The molecule has 1 aromatic carbocycles. The van der Waals surface area contributed by atoms with Gasteiger partial charge in [0.2, 0.25) is 12.5 Å². The molecule has 2 aromatic rings. The van der Waals surface area contributed by atoms with Crippen molar-refractivity contribution in [2.24, 2.45) is 5.92 Å². The summed E-state index contributed by atoms with van der Waals surface area (Å²) in [6, 6.07) is 8.98. The summed E-state index contributed by atoms with van der Waals surface area (Å²) in [5.41, 5.74) is 1.67. The number of methoxy groups -OCH3 is 1. The molecule has 1 saturated heterocycles. The molecule has 10 heteroatoms. The molecule has 10 nitrogen and oxygen atoms in total. The fraction of sp³-hybridized carbons (Fsp3) is 0.536. The molecule has 1 fully saturated rings. The molecule has 0 aliphatic carbocycles. The van der Waals surface area contributed by atoms with Gasteiger partial charge in [-0.2, -0.15) is 0 Å². The van der Waals surface area contributed by atoms with E-state index in [1.807, 2.05) is 49.1 Å². The number of nitrogens with zero attached hydrogens (tertiary/aromatic N) is 3. The van der Waals surface area contributed by atoms with E-state index in [0.29, 0.717) is 49.8 Å². The number of aromatic nitrogens is 1. The first-order valence-electron chi connectivity index (χ1n) is 13.2. The molecule has 1 aromatic heterocycles. The third kappa shape index (κ3) is 6.19. The van der Waals surface area contributed by atoms with Gasteiger partial charge in [0.15, 0.2) is 11.5 Å². The summed E-state index contributed by atoms with van der Waals surface area (Å²) in [4.78, 5) is 38.2. The lowest BCUT2D eigenvalue weighted by Gasteiger charge is -2.29. The molecule has 2 aliphatic rings. The Morgan fingerprint density at radius 1 is 1.21 bits per heavy atom. The standard InChI is InChI=1S/C28H37N3O7/c1-4-12-31(38-13-5-2)25(32)17-30-16-21(19-14-23(35-3)27-24(15-19)36-18-37-27)26(28(33)34)22(30)10-9-20-8-6-7-11-29-20/h6-8,11,14-15,21-22,26H,4-5,9-10,12-13,16-18H2,1-3H3,(H,33,34)/t21-,22+,26-/m1/s1. The van der Waals surface area contributed by atoms with Gasteiger partial charge in [0.1, 0.15) is 0 Å². The van der Waals surface area contributed by atoms with Crippen molar-refractivity contribution >= 4 is 11.9 Å². The number of carbonyl (C=O) groups is 2. The minimum absolute atomic E-state index is 0.0680. The summed E-state index contributed by atoms with van der Waals surface area (Å²) in [6.45, 7) is 5.46. The normalized spacial score (nSPS) is 20.4. The van der Waals surface area contributed by atoms with Crippen molar-refractivity contribution < 1.29 is 33.7 Å². The fourth-order valence-corrected chi connectivity index (χ4v) is 5.31. The second kappa shape index (κ2) is 12.9. The summed E-state index contributed by atoms with van der Waals surface area (Å²) >= 11 is 0.